The first kappa shape index (κ1) is 33.2. The highest BCUT2D eigenvalue weighted by molar-refractivity contribution is 4.84. The topological polar surface area (TPSA) is 8.81 Å². The third-order valence-electron chi connectivity index (χ3n) is 8.06. The number of aromatic nitrogens is 2. The van der Waals surface area contributed by atoms with E-state index in [1.165, 1.54) is 180 Å². The zero-order chi connectivity index (χ0) is 25.9. The van der Waals surface area contributed by atoms with Crippen molar-refractivity contribution < 1.29 is 4.57 Å². The quantitative estimate of drug-likeness (QED) is 0.0794. The number of hydrogen-bond acceptors (Lipinski definition) is 0. The van der Waals surface area contributed by atoms with E-state index in [-0.39, 0.29) is 0 Å². The summed E-state index contributed by atoms with van der Waals surface area (Å²) < 4.78 is 5.12. The minimum absolute atomic E-state index is 1.18. The molecule has 0 aliphatic carbocycles. The summed E-state index contributed by atoms with van der Waals surface area (Å²) in [7, 11) is 0. The van der Waals surface area contributed by atoms with E-state index < -0.39 is 0 Å². The van der Waals surface area contributed by atoms with Crippen LogP contribution >= 0.6 is 0 Å². The summed E-state index contributed by atoms with van der Waals surface area (Å²) >= 11 is 0. The lowest BCUT2D eigenvalue weighted by Crippen LogP contribution is -2.37. The summed E-state index contributed by atoms with van der Waals surface area (Å²) in [6.45, 7) is 9.32. The summed E-state index contributed by atoms with van der Waals surface area (Å²) in [6, 6.07) is 0. The number of rotatable bonds is 28. The fourth-order valence-electron chi connectivity index (χ4n) is 5.68. The van der Waals surface area contributed by atoms with Crippen LogP contribution < -0.4 is 4.57 Å². The van der Waals surface area contributed by atoms with E-state index in [2.05, 4.69) is 42.3 Å². The molecule has 0 bridgehead atoms. The first-order valence-corrected chi connectivity index (χ1v) is 16.9. The molecule has 0 aromatic carbocycles. The van der Waals surface area contributed by atoms with Crippen LogP contribution in [0.15, 0.2) is 12.4 Å². The summed E-state index contributed by atoms with van der Waals surface area (Å²) in [5.74, 6) is 1.59. The maximum absolute atomic E-state index is 2.58. The van der Waals surface area contributed by atoms with Crippen LogP contribution in [0.3, 0.4) is 0 Å². The number of aryl methyl sites for hydroxylation is 2. The minimum Gasteiger partial charge on any atom is -0.234 e. The minimum atomic E-state index is 1.18. The van der Waals surface area contributed by atoms with E-state index in [9.17, 15) is 0 Å². The molecule has 0 radical (unpaired) electrons. The maximum atomic E-state index is 2.58. The molecule has 0 saturated carbocycles. The lowest BCUT2D eigenvalue weighted by atomic mass is 10.0. The SMILES string of the molecule is CCCCCCCCCCCCCCCCCCn1cc[n+](CCC)c1CCCCCCCCCC. The molecule has 0 spiro atoms. The van der Waals surface area contributed by atoms with Gasteiger partial charge in [0, 0.05) is 6.42 Å². The highest BCUT2D eigenvalue weighted by atomic mass is 15.1. The molecule has 0 saturated heterocycles. The third kappa shape index (κ3) is 18.5. The zero-order valence-electron chi connectivity index (χ0n) is 25.3. The number of hydrogen-bond donors (Lipinski definition) is 0. The van der Waals surface area contributed by atoms with E-state index in [1.807, 2.05) is 0 Å². The fourth-order valence-corrected chi connectivity index (χ4v) is 5.68. The van der Waals surface area contributed by atoms with Crippen molar-refractivity contribution in [2.45, 2.75) is 201 Å². The van der Waals surface area contributed by atoms with Crippen molar-refractivity contribution >= 4 is 0 Å². The molecular formula is C34H67N2+. The van der Waals surface area contributed by atoms with Crippen molar-refractivity contribution in [2.24, 2.45) is 0 Å². The summed E-state index contributed by atoms with van der Waals surface area (Å²) in [6.07, 6.45) is 41.6. The van der Waals surface area contributed by atoms with Gasteiger partial charge in [-0.1, -0.05) is 156 Å². The average Bonchev–Trinajstić information content (AvgIpc) is 3.26. The Hall–Kier alpha value is -0.790. The van der Waals surface area contributed by atoms with Crippen LogP contribution in [0.4, 0.5) is 0 Å². The Labute approximate surface area is 228 Å². The maximum Gasteiger partial charge on any atom is 0.256 e. The molecule has 0 aliphatic rings. The molecule has 1 aromatic rings. The largest absolute Gasteiger partial charge is 0.256 e. The van der Waals surface area contributed by atoms with Crippen LogP contribution in [0, 0.1) is 0 Å². The highest BCUT2D eigenvalue weighted by Gasteiger charge is 2.15. The van der Waals surface area contributed by atoms with Crippen LogP contribution in [0.2, 0.25) is 0 Å². The molecule has 1 heterocycles. The summed E-state index contributed by atoms with van der Waals surface area (Å²) in [5, 5.41) is 0. The van der Waals surface area contributed by atoms with Crippen LogP contribution in [-0.4, -0.2) is 4.57 Å². The van der Waals surface area contributed by atoms with E-state index in [1.54, 1.807) is 5.82 Å². The molecule has 212 valence electrons. The second-order valence-electron chi connectivity index (χ2n) is 11.6. The molecule has 0 aliphatic heterocycles. The van der Waals surface area contributed by atoms with Crippen LogP contribution in [-0.2, 0) is 19.5 Å². The third-order valence-corrected chi connectivity index (χ3v) is 8.06. The van der Waals surface area contributed by atoms with Crippen molar-refractivity contribution in [3.8, 4) is 0 Å². The van der Waals surface area contributed by atoms with E-state index in [0.717, 1.165) is 0 Å². The van der Waals surface area contributed by atoms with Gasteiger partial charge in [-0.2, -0.15) is 0 Å². The Morgan fingerprint density at radius 1 is 0.472 bits per heavy atom. The standard InChI is InChI=1S/C34H67N2/c1-4-7-9-11-13-15-16-17-18-19-20-21-22-24-26-28-31-36-33-32-35(30-6-3)34(36)29-27-25-23-14-12-10-8-5-2/h32-33H,4-31H2,1-3H3/q+1. The second kappa shape index (κ2) is 25.8. The molecule has 0 N–H and O–H groups in total. The van der Waals surface area contributed by atoms with Gasteiger partial charge in [-0.05, 0) is 25.7 Å². The molecule has 1 rings (SSSR count). The molecule has 0 atom stereocenters. The molecule has 0 fully saturated rings. The lowest BCUT2D eigenvalue weighted by Gasteiger charge is -2.06. The van der Waals surface area contributed by atoms with Gasteiger partial charge >= 0.3 is 0 Å². The second-order valence-corrected chi connectivity index (χ2v) is 11.6. The fraction of sp³-hybridized carbons (Fsp3) is 0.912. The lowest BCUT2D eigenvalue weighted by molar-refractivity contribution is -0.703. The van der Waals surface area contributed by atoms with E-state index in [0.29, 0.717) is 0 Å². The predicted molar refractivity (Wildman–Crippen MR) is 161 cm³/mol. The number of imidazole rings is 1. The molecule has 0 amide bonds. The summed E-state index contributed by atoms with van der Waals surface area (Å²) in [5.41, 5.74) is 0. The molecule has 2 nitrogen and oxygen atoms in total. The Morgan fingerprint density at radius 3 is 1.28 bits per heavy atom. The monoisotopic (exact) mass is 504 g/mol. The van der Waals surface area contributed by atoms with Crippen LogP contribution in [0.1, 0.15) is 187 Å². The molecular weight excluding hydrogens is 436 g/mol. The molecule has 36 heavy (non-hydrogen) atoms. The van der Waals surface area contributed by atoms with Crippen molar-refractivity contribution in [1.82, 2.24) is 4.57 Å². The van der Waals surface area contributed by atoms with E-state index >= 15 is 0 Å². The van der Waals surface area contributed by atoms with Gasteiger partial charge in [-0.3, -0.25) is 0 Å². The smallest absolute Gasteiger partial charge is 0.234 e. The normalized spacial score (nSPS) is 11.5. The van der Waals surface area contributed by atoms with E-state index in [4.69, 9.17) is 0 Å². The summed E-state index contributed by atoms with van der Waals surface area (Å²) in [4.78, 5) is 0. The number of nitrogens with zero attached hydrogens (tertiary/aromatic N) is 2. The van der Waals surface area contributed by atoms with Crippen LogP contribution in [0.5, 0.6) is 0 Å². The molecule has 1 aromatic heterocycles. The average molecular weight is 504 g/mol. The van der Waals surface area contributed by atoms with Crippen molar-refractivity contribution in [3.63, 3.8) is 0 Å². The number of unbranched alkanes of at least 4 members (excludes halogenated alkanes) is 22. The van der Waals surface area contributed by atoms with Gasteiger partial charge in [0.25, 0.3) is 5.82 Å². The Balaban J connectivity index is 2.04. The van der Waals surface area contributed by atoms with Gasteiger partial charge in [-0.25, -0.2) is 9.13 Å². The van der Waals surface area contributed by atoms with Gasteiger partial charge in [-0.15, -0.1) is 0 Å². The van der Waals surface area contributed by atoms with Gasteiger partial charge in [0.15, 0.2) is 0 Å². The van der Waals surface area contributed by atoms with Crippen molar-refractivity contribution in [1.29, 1.82) is 0 Å². The Kier molecular flexibility index (Phi) is 23.9. The Morgan fingerprint density at radius 2 is 0.861 bits per heavy atom. The first-order valence-electron chi connectivity index (χ1n) is 16.9. The van der Waals surface area contributed by atoms with Gasteiger partial charge in [0.2, 0.25) is 0 Å². The van der Waals surface area contributed by atoms with Gasteiger partial charge in [0.1, 0.15) is 12.4 Å². The predicted octanol–water partition coefficient (Wildman–Crippen LogP) is 11.1. The molecule has 2 heteroatoms. The van der Waals surface area contributed by atoms with Crippen molar-refractivity contribution in [3.05, 3.63) is 18.2 Å². The Bertz CT molecular complexity index is 562. The van der Waals surface area contributed by atoms with Gasteiger partial charge < -0.3 is 0 Å². The molecule has 0 unspecified atom stereocenters. The van der Waals surface area contributed by atoms with Crippen LogP contribution in [0.25, 0.3) is 0 Å². The van der Waals surface area contributed by atoms with Gasteiger partial charge in [0.05, 0.1) is 13.1 Å². The first-order chi connectivity index (χ1) is 17.8. The highest BCUT2D eigenvalue weighted by Crippen LogP contribution is 2.15. The zero-order valence-corrected chi connectivity index (χ0v) is 25.3. The van der Waals surface area contributed by atoms with Crippen molar-refractivity contribution in [2.75, 3.05) is 0 Å².